The molecule has 21 heavy (non-hydrogen) atoms. The number of amides is 1. The van der Waals surface area contributed by atoms with Gasteiger partial charge in [-0.05, 0) is 31.9 Å². The molecule has 1 aliphatic rings. The van der Waals surface area contributed by atoms with Crippen molar-refractivity contribution in [2.45, 2.75) is 69.1 Å². The van der Waals surface area contributed by atoms with Crippen LogP contribution in [0.1, 0.15) is 63.2 Å². The number of thioether (sulfide) groups is 1. The third-order valence-corrected chi connectivity index (χ3v) is 5.18. The second-order valence-electron chi connectivity index (χ2n) is 6.05. The minimum absolute atomic E-state index is 0.216. The molecule has 0 saturated heterocycles. The van der Waals surface area contributed by atoms with Gasteiger partial charge in [-0.2, -0.15) is 0 Å². The Morgan fingerprint density at radius 2 is 1.90 bits per heavy atom. The van der Waals surface area contributed by atoms with Crippen LogP contribution in [0.15, 0.2) is 29.2 Å². The van der Waals surface area contributed by atoms with Gasteiger partial charge in [0.15, 0.2) is 0 Å². The maximum absolute atomic E-state index is 13.0. The third kappa shape index (κ3) is 4.26. The molecule has 0 unspecified atom stereocenters. The average Bonchev–Trinajstić information content (AvgIpc) is 2.49. The van der Waals surface area contributed by atoms with Gasteiger partial charge in [0.2, 0.25) is 0 Å². The van der Waals surface area contributed by atoms with Gasteiger partial charge in [0.05, 0.1) is 5.56 Å². The van der Waals surface area contributed by atoms with Gasteiger partial charge in [-0.15, -0.1) is 11.8 Å². The highest BCUT2D eigenvalue weighted by Gasteiger charge is 2.26. The molecule has 0 atom stereocenters. The summed E-state index contributed by atoms with van der Waals surface area (Å²) >= 11 is 1.78. The van der Waals surface area contributed by atoms with Crippen LogP contribution in [-0.2, 0) is 0 Å². The SMILES string of the molecule is CCN(C(=O)c1ccccc1SC(C)C)C1CCCCC1. The van der Waals surface area contributed by atoms with Crippen molar-refractivity contribution in [3.8, 4) is 0 Å². The molecule has 1 aliphatic carbocycles. The van der Waals surface area contributed by atoms with Crippen LogP contribution in [0, 0.1) is 0 Å². The van der Waals surface area contributed by atoms with Crippen LogP contribution in [0.5, 0.6) is 0 Å². The van der Waals surface area contributed by atoms with Gasteiger partial charge in [-0.3, -0.25) is 4.79 Å². The molecule has 0 aromatic heterocycles. The van der Waals surface area contributed by atoms with Crippen molar-refractivity contribution < 1.29 is 4.79 Å². The van der Waals surface area contributed by atoms with Crippen LogP contribution in [0.3, 0.4) is 0 Å². The summed E-state index contributed by atoms with van der Waals surface area (Å²) in [5, 5.41) is 0.490. The molecule has 1 aromatic carbocycles. The summed E-state index contributed by atoms with van der Waals surface area (Å²) in [5.74, 6) is 0.216. The second-order valence-corrected chi connectivity index (χ2v) is 7.66. The van der Waals surface area contributed by atoms with Gasteiger partial charge in [0.25, 0.3) is 5.91 Å². The molecule has 0 N–H and O–H groups in total. The predicted octanol–water partition coefficient (Wildman–Crippen LogP) is 4.98. The fourth-order valence-corrected chi connectivity index (χ4v) is 4.06. The molecule has 1 fully saturated rings. The van der Waals surface area contributed by atoms with Crippen molar-refractivity contribution in [2.24, 2.45) is 0 Å². The smallest absolute Gasteiger partial charge is 0.255 e. The Morgan fingerprint density at radius 1 is 1.24 bits per heavy atom. The van der Waals surface area contributed by atoms with E-state index in [1.807, 2.05) is 18.2 Å². The van der Waals surface area contributed by atoms with Gasteiger partial charge in [-0.25, -0.2) is 0 Å². The molecule has 0 heterocycles. The first-order valence-electron chi connectivity index (χ1n) is 8.20. The second kappa shape index (κ2) is 7.88. The van der Waals surface area contributed by atoms with Gasteiger partial charge in [0, 0.05) is 22.7 Å². The molecule has 3 heteroatoms. The van der Waals surface area contributed by atoms with Crippen LogP contribution < -0.4 is 0 Å². The van der Waals surface area contributed by atoms with E-state index in [2.05, 4.69) is 31.7 Å². The zero-order valence-electron chi connectivity index (χ0n) is 13.5. The third-order valence-electron chi connectivity index (χ3n) is 4.10. The van der Waals surface area contributed by atoms with E-state index in [0.29, 0.717) is 11.3 Å². The molecule has 0 bridgehead atoms. The Bertz CT molecular complexity index is 466. The Labute approximate surface area is 133 Å². The van der Waals surface area contributed by atoms with E-state index in [-0.39, 0.29) is 5.91 Å². The lowest BCUT2D eigenvalue weighted by atomic mass is 9.93. The number of hydrogen-bond donors (Lipinski definition) is 0. The molecule has 1 amide bonds. The topological polar surface area (TPSA) is 20.3 Å². The van der Waals surface area contributed by atoms with Gasteiger partial charge < -0.3 is 4.90 Å². The van der Waals surface area contributed by atoms with Crippen molar-refractivity contribution in [3.63, 3.8) is 0 Å². The highest BCUT2D eigenvalue weighted by molar-refractivity contribution is 8.00. The number of benzene rings is 1. The maximum Gasteiger partial charge on any atom is 0.255 e. The number of rotatable bonds is 5. The molecule has 0 spiro atoms. The Morgan fingerprint density at radius 3 is 2.52 bits per heavy atom. The minimum Gasteiger partial charge on any atom is -0.336 e. The lowest BCUT2D eigenvalue weighted by molar-refractivity contribution is 0.0644. The van der Waals surface area contributed by atoms with Crippen LogP contribution in [0.25, 0.3) is 0 Å². The summed E-state index contributed by atoms with van der Waals surface area (Å²) in [6.07, 6.45) is 6.17. The molecule has 2 rings (SSSR count). The van der Waals surface area contributed by atoms with E-state index >= 15 is 0 Å². The van der Waals surface area contributed by atoms with E-state index in [1.165, 1.54) is 32.1 Å². The molecule has 1 aromatic rings. The van der Waals surface area contributed by atoms with Crippen molar-refractivity contribution in [1.82, 2.24) is 4.90 Å². The fourth-order valence-electron chi connectivity index (χ4n) is 3.12. The zero-order valence-corrected chi connectivity index (χ0v) is 14.3. The van der Waals surface area contributed by atoms with E-state index in [4.69, 9.17) is 0 Å². The van der Waals surface area contributed by atoms with Crippen LogP contribution in [0.2, 0.25) is 0 Å². The highest BCUT2D eigenvalue weighted by atomic mass is 32.2. The monoisotopic (exact) mass is 305 g/mol. The lowest BCUT2D eigenvalue weighted by Crippen LogP contribution is -2.41. The first kappa shape index (κ1) is 16.4. The minimum atomic E-state index is 0.216. The zero-order chi connectivity index (χ0) is 15.2. The molecule has 0 aliphatic heterocycles. The van der Waals surface area contributed by atoms with Crippen LogP contribution >= 0.6 is 11.8 Å². The summed E-state index contributed by atoms with van der Waals surface area (Å²) in [4.78, 5) is 16.2. The van der Waals surface area contributed by atoms with Crippen molar-refractivity contribution in [2.75, 3.05) is 6.54 Å². The fraction of sp³-hybridized carbons (Fsp3) is 0.611. The predicted molar refractivity (Wildman–Crippen MR) is 91.0 cm³/mol. The van der Waals surface area contributed by atoms with Gasteiger partial charge in [0.1, 0.15) is 0 Å². The number of carbonyl (C=O) groups excluding carboxylic acids is 1. The lowest BCUT2D eigenvalue weighted by Gasteiger charge is -2.34. The van der Waals surface area contributed by atoms with Crippen LogP contribution in [0.4, 0.5) is 0 Å². The Kier molecular flexibility index (Phi) is 6.16. The summed E-state index contributed by atoms with van der Waals surface area (Å²) in [6.45, 7) is 7.25. The summed E-state index contributed by atoms with van der Waals surface area (Å²) in [7, 11) is 0. The molecule has 0 radical (unpaired) electrons. The Balaban J connectivity index is 2.20. The van der Waals surface area contributed by atoms with E-state index in [1.54, 1.807) is 11.8 Å². The normalized spacial score (nSPS) is 16.2. The van der Waals surface area contributed by atoms with E-state index in [9.17, 15) is 4.79 Å². The standard InChI is InChI=1S/C18H27NOS/c1-4-19(15-10-6-5-7-11-15)18(20)16-12-8-9-13-17(16)21-14(2)3/h8-9,12-15H,4-7,10-11H2,1-3H3. The largest absolute Gasteiger partial charge is 0.336 e. The van der Waals surface area contributed by atoms with Gasteiger partial charge >= 0.3 is 0 Å². The van der Waals surface area contributed by atoms with Crippen molar-refractivity contribution in [3.05, 3.63) is 29.8 Å². The molecule has 116 valence electrons. The number of carbonyl (C=O) groups is 1. The molecule has 2 nitrogen and oxygen atoms in total. The summed E-state index contributed by atoms with van der Waals surface area (Å²) in [5.41, 5.74) is 0.878. The highest BCUT2D eigenvalue weighted by Crippen LogP contribution is 2.29. The summed E-state index contributed by atoms with van der Waals surface area (Å²) in [6, 6.07) is 8.50. The van der Waals surface area contributed by atoms with Crippen molar-refractivity contribution in [1.29, 1.82) is 0 Å². The van der Waals surface area contributed by atoms with Gasteiger partial charge in [-0.1, -0.05) is 45.2 Å². The Hall–Kier alpha value is -0.960. The number of hydrogen-bond acceptors (Lipinski definition) is 2. The van der Waals surface area contributed by atoms with E-state index in [0.717, 1.165) is 17.0 Å². The molecular formula is C18H27NOS. The average molecular weight is 305 g/mol. The summed E-state index contributed by atoms with van der Waals surface area (Å²) < 4.78 is 0. The van der Waals surface area contributed by atoms with Crippen molar-refractivity contribution >= 4 is 17.7 Å². The van der Waals surface area contributed by atoms with E-state index < -0.39 is 0 Å². The quantitative estimate of drug-likeness (QED) is 0.715. The number of nitrogens with zero attached hydrogens (tertiary/aromatic N) is 1. The first-order valence-corrected chi connectivity index (χ1v) is 9.08. The first-order chi connectivity index (χ1) is 10.1. The molecule has 1 saturated carbocycles. The van der Waals surface area contributed by atoms with Crippen LogP contribution in [-0.4, -0.2) is 28.6 Å². The molecular weight excluding hydrogens is 278 g/mol. The maximum atomic E-state index is 13.0.